The topological polar surface area (TPSA) is 114 Å². The molecule has 0 aromatic rings. The second-order valence-electron chi connectivity index (χ2n) is 9.54. The molecule has 0 heterocycles. The van der Waals surface area contributed by atoms with E-state index in [2.05, 4.69) is 16.0 Å². The summed E-state index contributed by atoms with van der Waals surface area (Å²) in [6, 6.07) is -0.460. The van der Waals surface area contributed by atoms with E-state index in [4.69, 9.17) is 4.74 Å². The van der Waals surface area contributed by atoms with Crippen molar-refractivity contribution in [1.82, 2.24) is 16.0 Å². The third kappa shape index (κ3) is 4.73. The van der Waals surface area contributed by atoms with E-state index >= 15 is 0 Å². The van der Waals surface area contributed by atoms with Crippen LogP contribution in [0, 0.1) is 23.2 Å². The Kier molecular flexibility index (Phi) is 5.79. The lowest BCUT2D eigenvalue weighted by molar-refractivity contribution is -0.152. The highest BCUT2D eigenvalue weighted by Crippen LogP contribution is 2.60. The van der Waals surface area contributed by atoms with E-state index in [9.17, 15) is 19.2 Å². The van der Waals surface area contributed by atoms with Crippen molar-refractivity contribution < 1.29 is 23.9 Å². The molecule has 0 spiro atoms. The summed E-state index contributed by atoms with van der Waals surface area (Å²) < 4.78 is 4.90. The van der Waals surface area contributed by atoms with Gasteiger partial charge in [0.1, 0.15) is 6.54 Å². The SMILES string of the molecule is O=C(COC(=O)CNC(=O)C12CC3CC(CC(C3)C1)C2)NC(=O)NC1CCCC1. The fraction of sp³-hybridized carbons (Fsp3) is 0.810. The minimum absolute atomic E-state index is 0.0473. The van der Waals surface area contributed by atoms with Crippen molar-refractivity contribution in [3.63, 3.8) is 0 Å². The quantitative estimate of drug-likeness (QED) is 0.581. The van der Waals surface area contributed by atoms with Crippen LogP contribution in [0.2, 0.25) is 0 Å². The highest BCUT2D eigenvalue weighted by molar-refractivity contribution is 5.95. The molecular weight excluding hydrogens is 374 g/mol. The zero-order valence-electron chi connectivity index (χ0n) is 16.8. The first-order valence-electron chi connectivity index (χ1n) is 11.0. The monoisotopic (exact) mass is 405 g/mol. The number of amides is 4. The molecule has 5 rings (SSSR count). The van der Waals surface area contributed by atoms with E-state index in [-0.39, 0.29) is 23.9 Å². The van der Waals surface area contributed by atoms with Gasteiger partial charge in [0.2, 0.25) is 5.91 Å². The molecule has 160 valence electrons. The van der Waals surface area contributed by atoms with E-state index in [0.29, 0.717) is 17.8 Å². The van der Waals surface area contributed by atoms with Gasteiger partial charge in [0, 0.05) is 11.5 Å². The van der Waals surface area contributed by atoms with Gasteiger partial charge < -0.3 is 15.4 Å². The molecule has 0 radical (unpaired) electrons. The van der Waals surface area contributed by atoms with Gasteiger partial charge in [-0.3, -0.25) is 19.7 Å². The van der Waals surface area contributed by atoms with E-state index < -0.39 is 24.5 Å². The Morgan fingerprint density at radius 3 is 2.07 bits per heavy atom. The van der Waals surface area contributed by atoms with Crippen molar-refractivity contribution in [2.24, 2.45) is 23.2 Å². The van der Waals surface area contributed by atoms with Crippen molar-refractivity contribution in [1.29, 1.82) is 0 Å². The predicted molar refractivity (Wildman–Crippen MR) is 104 cm³/mol. The van der Waals surface area contributed by atoms with Crippen molar-refractivity contribution in [3.8, 4) is 0 Å². The summed E-state index contributed by atoms with van der Waals surface area (Å²) in [5, 5.41) is 7.62. The van der Waals surface area contributed by atoms with E-state index in [1.807, 2.05) is 0 Å². The van der Waals surface area contributed by atoms with E-state index in [1.165, 1.54) is 19.3 Å². The molecule has 5 fully saturated rings. The van der Waals surface area contributed by atoms with Crippen LogP contribution in [0.5, 0.6) is 0 Å². The lowest BCUT2D eigenvalue weighted by atomic mass is 9.49. The van der Waals surface area contributed by atoms with Gasteiger partial charge in [-0.15, -0.1) is 0 Å². The Balaban J connectivity index is 1.15. The molecule has 0 aliphatic heterocycles. The van der Waals surface area contributed by atoms with Crippen LogP contribution in [0.15, 0.2) is 0 Å². The molecule has 8 nitrogen and oxygen atoms in total. The number of ether oxygens (including phenoxy) is 1. The smallest absolute Gasteiger partial charge is 0.325 e. The van der Waals surface area contributed by atoms with E-state index in [1.54, 1.807) is 0 Å². The highest BCUT2D eigenvalue weighted by atomic mass is 16.5. The lowest BCUT2D eigenvalue weighted by Gasteiger charge is -2.55. The summed E-state index contributed by atoms with van der Waals surface area (Å²) in [4.78, 5) is 48.2. The average Bonchev–Trinajstić information content (AvgIpc) is 3.16. The van der Waals surface area contributed by atoms with Gasteiger partial charge in [-0.05, 0) is 69.1 Å². The van der Waals surface area contributed by atoms with Crippen molar-refractivity contribution >= 4 is 23.8 Å². The summed E-state index contributed by atoms with van der Waals surface area (Å²) in [5.74, 6) is 0.554. The minimum atomic E-state index is -0.679. The van der Waals surface area contributed by atoms with Gasteiger partial charge in [0.25, 0.3) is 5.91 Å². The number of urea groups is 1. The third-order valence-corrected chi connectivity index (χ3v) is 7.22. The molecule has 0 aromatic carbocycles. The van der Waals surface area contributed by atoms with Gasteiger partial charge in [0.05, 0.1) is 0 Å². The fourth-order valence-corrected chi connectivity index (χ4v) is 6.38. The summed E-state index contributed by atoms with van der Waals surface area (Å²) in [7, 11) is 0. The molecule has 4 bridgehead atoms. The van der Waals surface area contributed by atoms with Gasteiger partial charge >= 0.3 is 12.0 Å². The molecule has 0 saturated heterocycles. The molecule has 5 saturated carbocycles. The average molecular weight is 405 g/mol. The van der Waals surface area contributed by atoms with Crippen molar-refractivity contribution in [2.45, 2.75) is 70.3 Å². The molecule has 8 heteroatoms. The van der Waals surface area contributed by atoms with Gasteiger partial charge in [-0.1, -0.05) is 12.8 Å². The Morgan fingerprint density at radius 1 is 0.897 bits per heavy atom. The molecule has 29 heavy (non-hydrogen) atoms. The fourth-order valence-electron chi connectivity index (χ4n) is 6.38. The van der Waals surface area contributed by atoms with Crippen LogP contribution in [-0.4, -0.2) is 43.0 Å². The molecule has 5 aliphatic carbocycles. The number of hydrogen-bond acceptors (Lipinski definition) is 5. The maximum Gasteiger partial charge on any atom is 0.325 e. The lowest BCUT2D eigenvalue weighted by Crippen LogP contribution is -2.54. The Morgan fingerprint density at radius 2 is 1.48 bits per heavy atom. The summed E-state index contributed by atoms with van der Waals surface area (Å²) in [6.45, 7) is -0.785. The van der Waals surface area contributed by atoms with Crippen molar-refractivity contribution in [3.05, 3.63) is 0 Å². The largest absolute Gasteiger partial charge is 0.454 e. The molecule has 0 unspecified atom stereocenters. The normalized spacial score (nSPS) is 32.6. The molecule has 0 atom stereocenters. The zero-order chi connectivity index (χ0) is 20.4. The van der Waals surface area contributed by atoms with Crippen LogP contribution in [0.3, 0.4) is 0 Å². The van der Waals surface area contributed by atoms with E-state index in [0.717, 1.165) is 44.9 Å². The highest BCUT2D eigenvalue weighted by Gasteiger charge is 2.54. The number of carbonyl (C=O) groups is 4. The van der Waals surface area contributed by atoms with Crippen LogP contribution < -0.4 is 16.0 Å². The first-order valence-corrected chi connectivity index (χ1v) is 11.0. The maximum absolute atomic E-state index is 12.8. The number of imide groups is 1. The molecule has 4 amide bonds. The number of hydrogen-bond donors (Lipinski definition) is 3. The van der Waals surface area contributed by atoms with Crippen LogP contribution in [0.4, 0.5) is 4.79 Å². The first kappa shape index (κ1) is 20.2. The second-order valence-corrected chi connectivity index (χ2v) is 9.54. The number of esters is 1. The number of carbonyl (C=O) groups excluding carboxylic acids is 4. The standard InChI is InChI=1S/C21H31N3O5/c25-17(24-20(28)23-16-3-1-2-4-16)12-29-18(26)11-22-19(27)21-8-13-5-14(9-21)7-15(6-13)10-21/h13-16H,1-12H2,(H,22,27)(H2,23,24,25,28). The number of rotatable bonds is 6. The van der Waals surface area contributed by atoms with Crippen LogP contribution in [0.1, 0.15) is 64.2 Å². The Hall–Kier alpha value is -2.12. The minimum Gasteiger partial charge on any atom is -0.454 e. The Bertz CT molecular complexity index is 651. The summed E-state index contributed by atoms with van der Waals surface area (Å²) >= 11 is 0. The number of nitrogens with one attached hydrogen (secondary N) is 3. The summed E-state index contributed by atoms with van der Waals surface area (Å²) in [6.07, 6.45) is 10.5. The van der Waals surface area contributed by atoms with Crippen LogP contribution >= 0.6 is 0 Å². The molecule has 5 aliphatic rings. The van der Waals surface area contributed by atoms with Crippen LogP contribution in [-0.2, 0) is 19.1 Å². The third-order valence-electron chi connectivity index (χ3n) is 7.22. The maximum atomic E-state index is 12.8. The second kappa shape index (κ2) is 8.32. The molecular formula is C21H31N3O5. The van der Waals surface area contributed by atoms with Gasteiger partial charge in [-0.25, -0.2) is 4.79 Å². The summed E-state index contributed by atoms with van der Waals surface area (Å²) in [5.41, 5.74) is -0.315. The molecule has 0 aromatic heterocycles. The predicted octanol–water partition coefficient (Wildman–Crippen LogP) is 1.63. The van der Waals surface area contributed by atoms with Gasteiger partial charge in [-0.2, -0.15) is 0 Å². The van der Waals surface area contributed by atoms with Crippen molar-refractivity contribution in [2.75, 3.05) is 13.2 Å². The zero-order valence-corrected chi connectivity index (χ0v) is 16.8. The van der Waals surface area contributed by atoms with Crippen LogP contribution in [0.25, 0.3) is 0 Å². The van der Waals surface area contributed by atoms with Gasteiger partial charge in [0.15, 0.2) is 6.61 Å². The first-order chi connectivity index (χ1) is 13.9. The Labute approximate surface area is 170 Å². The molecule has 3 N–H and O–H groups in total.